The fourth-order valence-corrected chi connectivity index (χ4v) is 2.52. The van der Waals surface area contributed by atoms with Crippen LogP contribution >= 0.6 is 0 Å². The van der Waals surface area contributed by atoms with E-state index < -0.39 is 5.60 Å². The van der Waals surface area contributed by atoms with E-state index >= 15 is 0 Å². The van der Waals surface area contributed by atoms with E-state index in [9.17, 15) is 9.59 Å². The molecule has 0 radical (unpaired) electrons. The Morgan fingerprint density at radius 1 is 1.10 bits per heavy atom. The molecule has 5 heteroatoms. The van der Waals surface area contributed by atoms with Crippen LogP contribution in [0.1, 0.15) is 54.9 Å². The smallest absolute Gasteiger partial charge is 0.410 e. The quantitative estimate of drug-likeness (QED) is 0.787. The van der Waals surface area contributed by atoms with Crippen molar-refractivity contribution < 1.29 is 14.3 Å². The van der Waals surface area contributed by atoms with E-state index in [1.807, 2.05) is 53.4 Å². The fraction of sp³-hybridized carbons (Fsp3) is 0.875. The zero-order valence-corrected chi connectivity index (χ0v) is 14.5. The molecular formula is C16H30N2O3. The molecule has 1 heterocycles. The van der Waals surface area contributed by atoms with Gasteiger partial charge in [-0.05, 0) is 40.5 Å². The molecule has 0 aliphatic carbocycles. The molecular weight excluding hydrogens is 268 g/mol. The molecule has 1 aliphatic rings. The predicted octanol–water partition coefficient (Wildman–Crippen LogP) is 2.89. The lowest BCUT2D eigenvalue weighted by Gasteiger charge is -2.44. The van der Waals surface area contributed by atoms with Crippen molar-refractivity contribution in [1.29, 1.82) is 0 Å². The maximum absolute atomic E-state index is 12.3. The molecule has 0 bridgehead atoms. The van der Waals surface area contributed by atoms with Gasteiger partial charge in [0, 0.05) is 31.6 Å². The Labute approximate surface area is 128 Å². The van der Waals surface area contributed by atoms with Crippen LogP contribution in [0.15, 0.2) is 0 Å². The second kappa shape index (κ2) is 6.67. The number of hydrogen-bond donors (Lipinski definition) is 0. The number of ether oxygens (including phenoxy) is 1. The van der Waals surface area contributed by atoms with Gasteiger partial charge in [-0.1, -0.05) is 13.8 Å². The highest BCUT2D eigenvalue weighted by Crippen LogP contribution is 2.20. The van der Waals surface area contributed by atoms with Gasteiger partial charge in [0.15, 0.2) is 0 Å². The van der Waals surface area contributed by atoms with Crippen LogP contribution in [-0.2, 0) is 9.53 Å². The molecule has 0 aromatic carbocycles. The normalized spacial score (nSPS) is 23.4. The number of carbonyl (C=O) groups excluding carboxylic acids is 2. The molecule has 0 aromatic rings. The van der Waals surface area contributed by atoms with Crippen LogP contribution in [0.2, 0.25) is 0 Å². The first kappa shape index (κ1) is 17.8. The van der Waals surface area contributed by atoms with Crippen molar-refractivity contribution in [3.63, 3.8) is 0 Å². The van der Waals surface area contributed by atoms with Gasteiger partial charge in [0.05, 0.1) is 0 Å². The summed E-state index contributed by atoms with van der Waals surface area (Å²) in [5.41, 5.74) is -0.495. The molecule has 0 aromatic heterocycles. The van der Waals surface area contributed by atoms with Gasteiger partial charge in [0.25, 0.3) is 0 Å². The zero-order chi connectivity index (χ0) is 16.4. The third-order valence-corrected chi connectivity index (χ3v) is 3.52. The van der Waals surface area contributed by atoms with Gasteiger partial charge in [-0.25, -0.2) is 4.79 Å². The van der Waals surface area contributed by atoms with E-state index in [0.29, 0.717) is 25.4 Å². The van der Waals surface area contributed by atoms with Gasteiger partial charge in [0.2, 0.25) is 5.91 Å². The van der Waals surface area contributed by atoms with Gasteiger partial charge >= 0.3 is 6.09 Å². The first-order valence-electron chi connectivity index (χ1n) is 7.80. The molecule has 5 nitrogen and oxygen atoms in total. The van der Waals surface area contributed by atoms with Crippen molar-refractivity contribution in [3.05, 3.63) is 0 Å². The average molecular weight is 298 g/mol. The molecule has 1 aliphatic heterocycles. The Hall–Kier alpha value is -1.26. The highest BCUT2D eigenvalue weighted by molar-refractivity contribution is 5.77. The lowest BCUT2D eigenvalue weighted by Crippen LogP contribution is -2.60. The standard InChI is InChI=1S/C16H30N2O3/c1-11(2)8-14(19)17-9-13(4)18(10-12(17)3)15(20)21-16(5,6)7/h11-13H,8-10H2,1-7H3/t12-,13+/m1/s1. The van der Waals surface area contributed by atoms with Crippen LogP contribution in [-0.4, -0.2) is 52.6 Å². The second-order valence-corrected chi connectivity index (χ2v) is 7.47. The fourth-order valence-electron chi connectivity index (χ4n) is 2.52. The Bertz CT molecular complexity index is 387. The molecule has 1 fully saturated rings. The number of hydrogen-bond acceptors (Lipinski definition) is 3. The minimum absolute atomic E-state index is 0.0211. The average Bonchev–Trinajstić information content (AvgIpc) is 2.28. The van der Waals surface area contributed by atoms with Crippen LogP contribution in [0.25, 0.3) is 0 Å². The SMILES string of the molecule is CC(C)CC(=O)N1C[C@H](C)N(C(=O)OC(C)(C)C)C[C@H]1C. The number of piperazine rings is 1. The van der Waals surface area contributed by atoms with Crippen LogP contribution in [0.3, 0.4) is 0 Å². The Morgan fingerprint density at radius 2 is 1.57 bits per heavy atom. The summed E-state index contributed by atoms with van der Waals surface area (Å²) in [6, 6.07) is 0.00660. The molecule has 2 amide bonds. The summed E-state index contributed by atoms with van der Waals surface area (Å²) < 4.78 is 5.44. The summed E-state index contributed by atoms with van der Waals surface area (Å²) in [4.78, 5) is 28.1. The highest BCUT2D eigenvalue weighted by atomic mass is 16.6. The second-order valence-electron chi connectivity index (χ2n) is 7.47. The lowest BCUT2D eigenvalue weighted by molar-refractivity contribution is -0.137. The molecule has 21 heavy (non-hydrogen) atoms. The maximum Gasteiger partial charge on any atom is 0.410 e. The largest absolute Gasteiger partial charge is 0.444 e. The third-order valence-electron chi connectivity index (χ3n) is 3.52. The molecule has 122 valence electrons. The molecule has 0 unspecified atom stereocenters. The Morgan fingerprint density at radius 3 is 2.05 bits per heavy atom. The van der Waals surface area contributed by atoms with Gasteiger partial charge < -0.3 is 14.5 Å². The minimum atomic E-state index is -0.495. The Kier molecular flexibility index (Phi) is 5.65. The van der Waals surface area contributed by atoms with E-state index in [0.717, 1.165) is 0 Å². The van der Waals surface area contributed by atoms with Gasteiger partial charge in [-0.2, -0.15) is 0 Å². The molecule has 0 N–H and O–H groups in total. The summed E-state index contributed by atoms with van der Waals surface area (Å²) in [6.45, 7) is 14.7. The third kappa shape index (κ3) is 5.21. The first-order chi connectivity index (χ1) is 9.51. The van der Waals surface area contributed by atoms with E-state index in [1.165, 1.54) is 0 Å². The molecule has 0 saturated carbocycles. The summed E-state index contributed by atoms with van der Waals surface area (Å²) in [6.07, 6.45) is 0.265. The van der Waals surface area contributed by atoms with Gasteiger partial charge in [0.1, 0.15) is 5.60 Å². The highest BCUT2D eigenvalue weighted by Gasteiger charge is 2.36. The van der Waals surface area contributed by atoms with Crippen molar-refractivity contribution in [2.45, 2.75) is 72.6 Å². The van der Waals surface area contributed by atoms with Crippen molar-refractivity contribution in [3.8, 4) is 0 Å². The van der Waals surface area contributed by atoms with Crippen molar-refractivity contribution >= 4 is 12.0 Å². The molecule has 0 spiro atoms. The lowest BCUT2D eigenvalue weighted by atomic mass is 10.1. The van der Waals surface area contributed by atoms with Crippen LogP contribution in [0.5, 0.6) is 0 Å². The summed E-state index contributed by atoms with van der Waals surface area (Å²) in [5.74, 6) is 0.525. The van der Waals surface area contributed by atoms with Crippen LogP contribution in [0, 0.1) is 5.92 Å². The summed E-state index contributed by atoms with van der Waals surface area (Å²) >= 11 is 0. The van der Waals surface area contributed by atoms with E-state index in [4.69, 9.17) is 4.74 Å². The zero-order valence-electron chi connectivity index (χ0n) is 14.5. The van der Waals surface area contributed by atoms with Gasteiger partial charge in [-0.15, -0.1) is 0 Å². The number of rotatable bonds is 2. The molecule has 1 saturated heterocycles. The van der Waals surface area contributed by atoms with E-state index in [-0.39, 0.29) is 24.1 Å². The summed E-state index contributed by atoms with van der Waals surface area (Å²) in [5, 5.41) is 0. The topological polar surface area (TPSA) is 49.9 Å². The molecule has 2 atom stereocenters. The number of amides is 2. The van der Waals surface area contributed by atoms with Crippen LogP contribution in [0.4, 0.5) is 4.79 Å². The van der Waals surface area contributed by atoms with E-state index in [2.05, 4.69) is 0 Å². The number of nitrogens with zero attached hydrogens (tertiary/aromatic N) is 2. The van der Waals surface area contributed by atoms with Crippen molar-refractivity contribution in [2.75, 3.05) is 13.1 Å². The van der Waals surface area contributed by atoms with Crippen molar-refractivity contribution in [1.82, 2.24) is 9.80 Å². The first-order valence-corrected chi connectivity index (χ1v) is 7.80. The van der Waals surface area contributed by atoms with Crippen molar-refractivity contribution in [2.24, 2.45) is 5.92 Å². The number of carbonyl (C=O) groups is 2. The molecule has 1 rings (SSSR count). The van der Waals surface area contributed by atoms with E-state index in [1.54, 1.807) is 4.90 Å². The maximum atomic E-state index is 12.3. The summed E-state index contributed by atoms with van der Waals surface area (Å²) in [7, 11) is 0. The van der Waals surface area contributed by atoms with Gasteiger partial charge in [-0.3, -0.25) is 4.79 Å². The predicted molar refractivity (Wildman–Crippen MR) is 83.0 cm³/mol. The monoisotopic (exact) mass is 298 g/mol. The minimum Gasteiger partial charge on any atom is -0.444 e. The Balaban J connectivity index is 2.69. The van der Waals surface area contributed by atoms with Crippen LogP contribution < -0.4 is 0 Å².